The lowest BCUT2D eigenvalue weighted by molar-refractivity contribution is -0.385. The Hall–Kier alpha value is -2.66. The van der Waals surface area contributed by atoms with Crippen molar-refractivity contribution in [3.8, 4) is 5.75 Å². The van der Waals surface area contributed by atoms with Crippen LogP contribution in [0.15, 0.2) is 47.4 Å². The number of non-ortho nitro benzene ring substituents is 1. The maximum absolute atomic E-state index is 12.5. The van der Waals surface area contributed by atoms with Gasteiger partial charge in [-0.25, -0.2) is 13.1 Å². The second-order valence-corrected chi connectivity index (χ2v) is 7.17. The van der Waals surface area contributed by atoms with Crippen LogP contribution in [0.5, 0.6) is 5.75 Å². The number of methoxy groups -OCH3 is 1. The number of sulfonamides is 1. The van der Waals surface area contributed by atoms with Gasteiger partial charge in [0.2, 0.25) is 10.0 Å². The third kappa shape index (κ3) is 5.17. The van der Waals surface area contributed by atoms with Crippen molar-refractivity contribution in [2.45, 2.75) is 17.5 Å². The molecule has 0 unspecified atom stereocenters. The molecule has 0 aliphatic heterocycles. The van der Waals surface area contributed by atoms with Gasteiger partial charge in [-0.2, -0.15) is 13.2 Å². The quantitative estimate of drug-likeness (QED) is 0.565. The molecule has 0 saturated heterocycles. The lowest BCUT2D eigenvalue weighted by Crippen LogP contribution is -2.26. The number of alkyl halides is 3. The predicted octanol–water partition coefficient (Wildman–Crippen LogP) is 3.14. The van der Waals surface area contributed by atoms with Gasteiger partial charge in [-0.1, -0.05) is 12.1 Å². The van der Waals surface area contributed by atoms with Crippen LogP contribution in [0.1, 0.15) is 11.1 Å². The second kappa shape index (κ2) is 7.92. The zero-order valence-corrected chi connectivity index (χ0v) is 14.8. The average molecular weight is 404 g/mol. The summed E-state index contributed by atoms with van der Waals surface area (Å²) in [5, 5.41) is 10.8. The molecule has 11 heteroatoms. The van der Waals surface area contributed by atoms with Crippen LogP contribution in [0.3, 0.4) is 0 Å². The molecule has 1 N–H and O–H groups in total. The van der Waals surface area contributed by atoms with E-state index in [4.69, 9.17) is 4.74 Å². The number of halogens is 3. The molecule has 7 nitrogen and oxygen atoms in total. The molecular weight excluding hydrogens is 389 g/mol. The Morgan fingerprint density at radius 2 is 1.78 bits per heavy atom. The van der Waals surface area contributed by atoms with E-state index in [1.165, 1.54) is 19.2 Å². The van der Waals surface area contributed by atoms with Gasteiger partial charge in [0, 0.05) is 12.6 Å². The van der Waals surface area contributed by atoms with Crippen LogP contribution < -0.4 is 9.46 Å². The molecule has 2 aromatic carbocycles. The monoisotopic (exact) mass is 404 g/mol. The van der Waals surface area contributed by atoms with Crippen LogP contribution in [0.4, 0.5) is 18.9 Å². The molecule has 0 amide bonds. The fraction of sp³-hybridized carbons (Fsp3) is 0.250. The molecule has 0 aliphatic rings. The summed E-state index contributed by atoms with van der Waals surface area (Å²) in [6.45, 7) is -0.0756. The van der Waals surface area contributed by atoms with Gasteiger partial charge in [0.25, 0.3) is 5.69 Å². The number of nitro benzene ring substituents is 1. The Morgan fingerprint density at radius 1 is 1.15 bits per heavy atom. The topological polar surface area (TPSA) is 98.5 Å². The zero-order chi connectivity index (χ0) is 20.2. The second-order valence-electron chi connectivity index (χ2n) is 5.43. The normalized spacial score (nSPS) is 12.0. The van der Waals surface area contributed by atoms with Crippen molar-refractivity contribution >= 4 is 15.7 Å². The highest BCUT2D eigenvalue weighted by Crippen LogP contribution is 2.29. The summed E-state index contributed by atoms with van der Waals surface area (Å²) in [7, 11) is -2.84. The van der Waals surface area contributed by atoms with E-state index in [-0.39, 0.29) is 29.3 Å². The van der Waals surface area contributed by atoms with Crippen molar-refractivity contribution in [1.29, 1.82) is 0 Å². The summed E-state index contributed by atoms with van der Waals surface area (Å²) in [6, 6.07) is 7.45. The molecule has 2 rings (SSSR count). The van der Waals surface area contributed by atoms with E-state index >= 15 is 0 Å². The first-order valence-corrected chi connectivity index (χ1v) is 9.01. The zero-order valence-electron chi connectivity index (χ0n) is 14.0. The SMILES string of the molecule is COc1cc([N+](=O)[O-])ccc1S(=O)(=O)NCCc1ccc(C(F)(F)F)cc1. The Bertz CT molecular complexity index is 928. The highest BCUT2D eigenvalue weighted by Gasteiger charge is 2.30. The summed E-state index contributed by atoms with van der Waals surface area (Å²) < 4.78 is 69.5. The maximum atomic E-state index is 12.5. The molecule has 0 radical (unpaired) electrons. The first kappa shape index (κ1) is 20.6. The average Bonchev–Trinajstić information content (AvgIpc) is 2.60. The van der Waals surface area contributed by atoms with Crippen LogP contribution >= 0.6 is 0 Å². The number of nitrogens with zero attached hydrogens (tertiary/aromatic N) is 1. The minimum Gasteiger partial charge on any atom is -0.495 e. The molecule has 0 bridgehead atoms. The van der Waals surface area contributed by atoms with E-state index in [0.29, 0.717) is 5.56 Å². The van der Waals surface area contributed by atoms with E-state index in [0.717, 1.165) is 30.3 Å². The molecular formula is C16H15F3N2O5S. The van der Waals surface area contributed by atoms with Gasteiger partial charge in [-0.15, -0.1) is 0 Å². The first-order valence-electron chi connectivity index (χ1n) is 7.53. The van der Waals surface area contributed by atoms with Crippen molar-refractivity contribution in [2.24, 2.45) is 0 Å². The van der Waals surface area contributed by atoms with Crippen LogP contribution in [-0.2, 0) is 22.6 Å². The minimum absolute atomic E-state index is 0.0756. The summed E-state index contributed by atoms with van der Waals surface area (Å²) in [4.78, 5) is 9.80. The van der Waals surface area contributed by atoms with Gasteiger partial charge in [-0.3, -0.25) is 10.1 Å². The van der Waals surface area contributed by atoms with Crippen LogP contribution in [0, 0.1) is 10.1 Å². The molecule has 0 aliphatic carbocycles. The minimum atomic E-state index is -4.44. The van der Waals surface area contributed by atoms with E-state index in [2.05, 4.69) is 4.72 Å². The summed E-state index contributed by atoms with van der Waals surface area (Å²) >= 11 is 0. The van der Waals surface area contributed by atoms with Crippen molar-refractivity contribution in [3.05, 3.63) is 63.7 Å². The Balaban J connectivity index is 2.08. The van der Waals surface area contributed by atoms with Crippen molar-refractivity contribution < 1.29 is 31.2 Å². The fourth-order valence-electron chi connectivity index (χ4n) is 2.26. The number of nitro groups is 1. The van der Waals surface area contributed by atoms with Gasteiger partial charge >= 0.3 is 6.18 Å². The summed E-state index contributed by atoms with van der Waals surface area (Å²) in [5.74, 6) is -0.189. The van der Waals surface area contributed by atoms with Gasteiger partial charge in [0.1, 0.15) is 10.6 Å². The number of rotatable bonds is 7. The largest absolute Gasteiger partial charge is 0.495 e. The van der Waals surface area contributed by atoms with Gasteiger partial charge in [-0.05, 0) is 30.2 Å². The third-order valence-corrected chi connectivity index (χ3v) is 5.14. The maximum Gasteiger partial charge on any atom is 0.416 e. The van der Waals surface area contributed by atoms with E-state index in [1.54, 1.807) is 0 Å². The van der Waals surface area contributed by atoms with Crippen molar-refractivity contribution in [2.75, 3.05) is 13.7 Å². The third-order valence-electron chi connectivity index (χ3n) is 3.63. The molecule has 0 saturated carbocycles. The van der Waals surface area contributed by atoms with Crippen LogP contribution in [-0.4, -0.2) is 27.0 Å². The molecule has 0 spiro atoms. The standard InChI is InChI=1S/C16H15F3N2O5S/c1-26-14-10-13(21(22)23)6-7-15(14)27(24,25)20-9-8-11-2-4-12(5-3-11)16(17,18)19/h2-7,10,20H,8-9H2,1H3. The summed E-state index contributed by atoms with van der Waals surface area (Å²) in [6.07, 6.45) is -4.28. The van der Waals surface area contributed by atoms with Crippen molar-refractivity contribution in [1.82, 2.24) is 4.72 Å². The highest BCUT2D eigenvalue weighted by molar-refractivity contribution is 7.89. The Labute approximate surface area is 153 Å². The molecule has 2 aromatic rings. The lowest BCUT2D eigenvalue weighted by Gasteiger charge is -2.11. The van der Waals surface area contributed by atoms with Gasteiger partial charge in [0.15, 0.2) is 0 Å². The molecule has 0 aromatic heterocycles. The molecule has 0 atom stereocenters. The summed E-state index contributed by atoms with van der Waals surface area (Å²) in [5.41, 5.74) is -0.598. The molecule has 0 fully saturated rings. The lowest BCUT2D eigenvalue weighted by atomic mass is 10.1. The van der Waals surface area contributed by atoms with E-state index < -0.39 is 26.7 Å². The number of hydrogen-bond donors (Lipinski definition) is 1. The molecule has 146 valence electrons. The predicted molar refractivity (Wildman–Crippen MR) is 90.0 cm³/mol. The number of benzene rings is 2. The van der Waals surface area contributed by atoms with E-state index in [9.17, 15) is 31.7 Å². The number of hydrogen-bond acceptors (Lipinski definition) is 5. The van der Waals surface area contributed by atoms with Gasteiger partial charge in [0.05, 0.1) is 23.7 Å². The fourth-order valence-corrected chi connectivity index (χ4v) is 3.44. The van der Waals surface area contributed by atoms with Crippen LogP contribution in [0.25, 0.3) is 0 Å². The molecule has 0 heterocycles. The molecule has 27 heavy (non-hydrogen) atoms. The van der Waals surface area contributed by atoms with Crippen molar-refractivity contribution in [3.63, 3.8) is 0 Å². The highest BCUT2D eigenvalue weighted by atomic mass is 32.2. The Morgan fingerprint density at radius 3 is 2.30 bits per heavy atom. The Kier molecular flexibility index (Phi) is 6.06. The van der Waals surface area contributed by atoms with Crippen LogP contribution in [0.2, 0.25) is 0 Å². The number of ether oxygens (including phenoxy) is 1. The number of nitrogens with one attached hydrogen (secondary N) is 1. The smallest absolute Gasteiger partial charge is 0.416 e. The van der Waals surface area contributed by atoms with Gasteiger partial charge < -0.3 is 4.74 Å². The first-order chi connectivity index (χ1) is 12.5. The van der Waals surface area contributed by atoms with E-state index in [1.807, 2.05) is 0 Å².